The maximum Gasteiger partial charge on any atom is 0.231 e. The molecule has 2 fully saturated rings. The Labute approximate surface area is 149 Å². The van der Waals surface area contributed by atoms with Crippen molar-refractivity contribution < 1.29 is 9.32 Å². The number of hydrogen-bond acceptors (Lipinski definition) is 4. The standard InChI is InChI=1S/C18H20BrN3O2/c19-15-8-6-12(7-9-15)16-20-17(24-21-16)14-5-2-10-22(11-14)18(23)13-3-1-4-13/h6-9,13-14H,1-5,10-11H2. The Bertz CT molecular complexity index is 724. The van der Waals surface area contributed by atoms with Crippen LogP contribution < -0.4 is 0 Å². The highest BCUT2D eigenvalue weighted by atomic mass is 79.9. The molecule has 1 aromatic carbocycles. The third-order valence-electron chi connectivity index (χ3n) is 5.08. The quantitative estimate of drug-likeness (QED) is 0.795. The number of benzene rings is 1. The van der Waals surface area contributed by atoms with E-state index < -0.39 is 0 Å². The average molecular weight is 390 g/mol. The van der Waals surface area contributed by atoms with E-state index in [9.17, 15) is 4.79 Å². The summed E-state index contributed by atoms with van der Waals surface area (Å²) in [5.74, 6) is 1.99. The lowest BCUT2D eigenvalue weighted by Crippen LogP contribution is -2.44. The first kappa shape index (κ1) is 15.8. The first-order valence-electron chi connectivity index (χ1n) is 8.59. The van der Waals surface area contributed by atoms with Crippen molar-refractivity contribution in [3.05, 3.63) is 34.6 Å². The molecule has 6 heteroatoms. The van der Waals surface area contributed by atoms with E-state index in [-0.39, 0.29) is 11.8 Å². The normalized spacial score (nSPS) is 21.5. The van der Waals surface area contributed by atoms with Gasteiger partial charge in [-0.1, -0.05) is 27.5 Å². The maximum absolute atomic E-state index is 12.5. The van der Waals surface area contributed by atoms with Gasteiger partial charge in [0, 0.05) is 29.0 Å². The zero-order chi connectivity index (χ0) is 16.5. The monoisotopic (exact) mass is 389 g/mol. The van der Waals surface area contributed by atoms with Crippen molar-refractivity contribution in [3.8, 4) is 11.4 Å². The fourth-order valence-corrected chi connectivity index (χ4v) is 3.67. The molecule has 1 amide bonds. The molecule has 2 heterocycles. The summed E-state index contributed by atoms with van der Waals surface area (Å²) in [6.07, 6.45) is 5.28. The molecule has 0 N–H and O–H groups in total. The second-order valence-corrected chi connectivity index (χ2v) is 7.63. The number of carbonyl (C=O) groups excluding carboxylic acids is 1. The fourth-order valence-electron chi connectivity index (χ4n) is 3.41. The van der Waals surface area contributed by atoms with Gasteiger partial charge < -0.3 is 9.42 Å². The molecule has 1 unspecified atom stereocenters. The fraction of sp³-hybridized carbons (Fsp3) is 0.500. The molecule has 24 heavy (non-hydrogen) atoms. The smallest absolute Gasteiger partial charge is 0.231 e. The predicted octanol–water partition coefficient (Wildman–Crippen LogP) is 4.01. The minimum atomic E-state index is 0.152. The highest BCUT2D eigenvalue weighted by Crippen LogP contribution is 2.32. The van der Waals surface area contributed by atoms with Crippen LogP contribution in [0, 0.1) is 5.92 Å². The zero-order valence-corrected chi connectivity index (χ0v) is 15.0. The molecule has 0 bridgehead atoms. The molecule has 0 radical (unpaired) electrons. The molecule has 5 nitrogen and oxygen atoms in total. The summed E-state index contributed by atoms with van der Waals surface area (Å²) in [4.78, 5) is 19.0. The molecule has 2 aromatic rings. The van der Waals surface area contributed by atoms with E-state index in [2.05, 4.69) is 26.1 Å². The van der Waals surface area contributed by atoms with Crippen molar-refractivity contribution in [1.29, 1.82) is 0 Å². The molecule has 1 saturated carbocycles. The Morgan fingerprint density at radius 3 is 2.67 bits per heavy atom. The van der Waals surface area contributed by atoms with Crippen LogP contribution in [0.15, 0.2) is 33.3 Å². The van der Waals surface area contributed by atoms with Gasteiger partial charge in [-0.15, -0.1) is 0 Å². The van der Waals surface area contributed by atoms with Crippen LogP contribution in [0.3, 0.4) is 0 Å². The number of rotatable bonds is 3. The molecule has 1 atom stereocenters. The maximum atomic E-state index is 12.5. The number of nitrogens with zero attached hydrogens (tertiary/aromatic N) is 3. The molecule has 126 valence electrons. The van der Waals surface area contributed by atoms with Gasteiger partial charge in [-0.05, 0) is 49.9 Å². The van der Waals surface area contributed by atoms with Gasteiger partial charge in [0.25, 0.3) is 0 Å². The van der Waals surface area contributed by atoms with Crippen molar-refractivity contribution in [2.24, 2.45) is 5.92 Å². The number of piperidine rings is 1. The van der Waals surface area contributed by atoms with Gasteiger partial charge in [-0.3, -0.25) is 4.79 Å². The second kappa shape index (κ2) is 6.67. The molecular weight excluding hydrogens is 370 g/mol. The Balaban J connectivity index is 1.47. The van der Waals surface area contributed by atoms with Crippen LogP contribution in [-0.2, 0) is 4.79 Å². The Morgan fingerprint density at radius 2 is 1.96 bits per heavy atom. The van der Waals surface area contributed by atoms with Gasteiger partial charge in [-0.25, -0.2) is 0 Å². The Kier molecular flexibility index (Phi) is 4.39. The third-order valence-corrected chi connectivity index (χ3v) is 5.61. The van der Waals surface area contributed by atoms with E-state index >= 15 is 0 Å². The van der Waals surface area contributed by atoms with Crippen molar-refractivity contribution in [1.82, 2.24) is 15.0 Å². The lowest BCUT2D eigenvalue weighted by Gasteiger charge is -2.36. The van der Waals surface area contributed by atoms with E-state index in [0.29, 0.717) is 24.2 Å². The van der Waals surface area contributed by atoms with Gasteiger partial charge in [0.05, 0.1) is 5.92 Å². The molecule has 1 aliphatic carbocycles. The number of amides is 1. The molecule has 2 aliphatic rings. The van der Waals surface area contributed by atoms with Crippen LogP contribution >= 0.6 is 15.9 Å². The number of likely N-dealkylation sites (tertiary alicyclic amines) is 1. The lowest BCUT2D eigenvalue weighted by molar-refractivity contribution is -0.139. The molecule has 1 saturated heterocycles. The summed E-state index contributed by atoms with van der Waals surface area (Å²) >= 11 is 3.43. The number of halogens is 1. The molecule has 1 aromatic heterocycles. The van der Waals surface area contributed by atoms with Gasteiger partial charge in [0.2, 0.25) is 17.6 Å². The van der Waals surface area contributed by atoms with Gasteiger partial charge >= 0.3 is 0 Å². The van der Waals surface area contributed by atoms with Crippen LogP contribution in [0.2, 0.25) is 0 Å². The van der Waals surface area contributed by atoms with Crippen molar-refractivity contribution in [3.63, 3.8) is 0 Å². The van der Waals surface area contributed by atoms with E-state index in [1.807, 2.05) is 29.2 Å². The van der Waals surface area contributed by atoms with Crippen molar-refractivity contribution in [2.45, 2.75) is 38.0 Å². The van der Waals surface area contributed by atoms with E-state index in [4.69, 9.17) is 4.52 Å². The second-order valence-electron chi connectivity index (χ2n) is 6.71. The van der Waals surface area contributed by atoms with Crippen LogP contribution in [0.4, 0.5) is 0 Å². The van der Waals surface area contributed by atoms with Crippen LogP contribution in [0.1, 0.15) is 43.9 Å². The van der Waals surface area contributed by atoms with E-state index in [1.165, 1.54) is 6.42 Å². The zero-order valence-electron chi connectivity index (χ0n) is 13.4. The Morgan fingerprint density at radius 1 is 1.17 bits per heavy atom. The van der Waals surface area contributed by atoms with Gasteiger partial charge in [-0.2, -0.15) is 4.98 Å². The summed E-state index contributed by atoms with van der Waals surface area (Å²) in [6.45, 7) is 1.57. The van der Waals surface area contributed by atoms with Crippen LogP contribution in [-0.4, -0.2) is 34.0 Å². The van der Waals surface area contributed by atoms with E-state index in [1.54, 1.807) is 0 Å². The first-order chi connectivity index (χ1) is 11.7. The first-order valence-corrected chi connectivity index (χ1v) is 9.38. The van der Waals surface area contributed by atoms with Crippen LogP contribution in [0.5, 0.6) is 0 Å². The third kappa shape index (κ3) is 3.11. The highest BCUT2D eigenvalue weighted by molar-refractivity contribution is 9.10. The van der Waals surface area contributed by atoms with Gasteiger partial charge in [0.15, 0.2) is 0 Å². The number of carbonyl (C=O) groups is 1. The Hall–Kier alpha value is -1.69. The summed E-state index contributed by atoms with van der Waals surface area (Å²) in [5, 5.41) is 4.12. The number of hydrogen-bond donors (Lipinski definition) is 0. The molecule has 4 rings (SSSR count). The highest BCUT2D eigenvalue weighted by Gasteiger charge is 2.34. The molecule has 0 spiro atoms. The van der Waals surface area contributed by atoms with E-state index in [0.717, 1.165) is 42.3 Å². The van der Waals surface area contributed by atoms with Crippen molar-refractivity contribution >= 4 is 21.8 Å². The minimum Gasteiger partial charge on any atom is -0.342 e. The summed E-state index contributed by atoms with van der Waals surface area (Å²) in [7, 11) is 0. The minimum absolute atomic E-state index is 0.152. The summed E-state index contributed by atoms with van der Waals surface area (Å²) < 4.78 is 6.53. The molecule has 1 aliphatic heterocycles. The predicted molar refractivity (Wildman–Crippen MR) is 93.3 cm³/mol. The van der Waals surface area contributed by atoms with Gasteiger partial charge in [0.1, 0.15) is 0 Å². The van der Waals surface area contributed by atoms with Crippen molar-refractivity contribution in [2.75, 3.05) is 13.1 Å². The topological polar surface area (TPSA) is 59.2 Å². The summed E-state index contributed by atoms with van der Waals surface area (Å²) in [5.41, 5.74) is 0.936. The molecular formula is C18H20BrN3O2. The van der Waals surface area contributed by atoms with Crippen LogP contribution in [0.25, 0.3) is 11.4 Å². The summed E-state index contributed by atoms with van der Waals surface area (Å²) in [6, 6.07) is 7.86. The number of aromatic nitrogens is 2. The largest absolute Gasteiger partial charge is 0.342 e. The SMILES string of the molecule is O=C(C1CCC1)N1CCCC(c2nc(-c3ccc(Br)cc3)no2)C1. The average Bonchev–Trinajstić information content (AvgIpc) is 3.04. The lowest BCUT2D eigenvalue weighted by atomic mass is 9.83.